The number of β-amino-alcohol motifs (C(OH)–C–C–N with tert-alkyl or cyclic N) is 1. The first-order valence-corrected chi connectivity index (χ1v) is 10.2. The molecule has 13 heteroatoms. The average Bonchev–Trinajstić information content (AvgIpc) is 3.11. The van der Waals surface area contributed by atoms with Gasteiger partial charge in [0.2, 0.25) is 11.3 Å². The summed E-state index contributed by atoms with van der Waals surface area (Å²) in [5.74, 6) is -4.14. The second kappa shape index (κ2) is 8.73. The van der Waals surface area contributed by atoms with Crippen LogP contribution >= 0.6 is 0 Å². The molecule has 184 valence electrons. The van der Waals surface area contributed by atoms with Crippen molar-refractivity contribution in [3.63, 3.8) is 0 Å². The molecule has 0 saturated carbocycles. The van der Waals surface area contributed by atoms with Crippen LogP contribution in [0.25, 0.3) is 16.7 Å². The number of anilines is 1. The summed E-state index contributed by atoms with van der Waals surface area (Å²) in [6, 6.07) is 2.92. The van der Waals surface area contributed by atoms with Crippen LogP contribution < -0.4 is 15.6 Å². The second-order valence-corrected chi connectivity index (χ2v) is 7.95. The molecule has 3 heterocycles. The van der Waals surface area contributed by atoms with Gasteiger partial charge in [0, 0.05) is 6.20 Å². The highest BCUT2D eigenvalue weighted by atomic mass is 19.4. The Balaban J connectivity index is 1.95. The summed E-state index contributed by atoms with van der Waals surface area (Å²) in [5, 5.41) is 11.1. The van der Waals surface area contributed by atoms with E-state index in [1.165, 1.54) is 6.07 Å². The highest BCUT2D eigenvalue weighted by molar-refractivity contribution is 5.99. The molecule has 0 aliphatic carbocycles. The van der Waals surface area contributed by atoms with E-state index in [1.54, 1.807) is 5.32 Å². The minimum Gasteiger partial charge on any atom is -0.391 e. The number of benzene rings is 1. The van der Waals surface area contributed by atoms with Crippen LogP contribution in [0.2, 0.25) is 0 Å². The lowest BCUT2D eigenvalue weighted by Crippen LogP contribution is -2.44. The monoisotopic (exact) mass is 496 g/mol. The van der Waals surface area contributed by atoms with Gasteiger partial charge in [-0.3, -0.25) is 23.9 Å². The molecule has 2 N–H and O–H groups in total. The third-order valence-corrected chi connectivity index (χ3v) is 5.48. The molecule has 1 saturated heterocycles. The number of carbonyl (C=O) groups is 2. The molecule has 35 heavy (non-hydrogen) atoms. The average molecular weight is 496 g/mol. The number of rotatable bonds is 4. The normalized spacial score (nSPS) is 17.2. The quantitative estimate of drug-likeness (QED) is 0.540. The Labute approximate surface area is 193 Å². The zero-order chi connectivity index (χ0) is 25.7. The SMILES string of the molecule is C[C@H](NC(=O)c1cn(-c2c(F)cccc2F)c2nc(N3C[C@@H](O)CC3=O)ccc2c1=O)C(F)(F)F. The number of aliphatic hydroxyl groups is 1. The van der Waals surface area contributed by atoms with Gasteiger partial charge in [0.15, 0.2) is 5.65 Å². The van der Waals surface area contributed by atoms with E-state index >= 15 is 0 Å². The summed E-state index contributed by atoms with van der Waals surface area (Å²) < 4.78 is 68.8. The predicted octanol–water partition coefficient (Wildman–Crippen LogP) is 2.44. The van der Waals surface area contributed by atoms with Gasteiger partial charge in [-0.05, 0) is 31.2 Å². The van der Waals surface area contributed by atoms with Crippen molar-refractivity contribution < 1.29 is 36.6 Å². The second-order valence-electron chi connectivity index (χ2n) is 7.95. The van der Waals surface area contributed by atoms with Gasteiger partial charge in [0.25, 0.3) is 5.91 Å². The first-order valence-electron chi connectivity index (χ1n) is 10.2. The Kier molecular flexibility index (Phi) is 6.05. The number of amides is 2. The standard InChI is InChI=1S/C22H17F5N4O4/c1-10(22(25,26)27)28-21(35)13-9-31(18-14(23)3-2-4-15(18)24)20-12(19(13)34)5-6-16(29-20)30-8-11(32)7-17(30)33/h2-6,9-11,32H,7-8H2,1H3,(H,28,35)/t10-,11-/m0/s1. The molecule has 1 aromatic carbocycles. The molecule has 1 aliphatic heterocycles. The third kappa shape index (κ3) is 4.46. The molecule has 0 spiro atoms. The number of aliphatic hydroxyl groups excluding tert-OH is 1. The molecule has 1 aliphatic rings. The molecule has 1 fully saturated rings. The minimum absolute atomic E-state index is 0.0353. The molecule has 4 rings (SSSR count). The van der Waals surface area contributed by atoms with Crippen LogP contribution in [0.4, 0.5) is 27.8 Å². The van der Waals surface area contributed by atoms with Gasteiger partial charge in [-0.25, -0.2) is 13.8 Å². The third-order valence-electron chi connectivity index (χ3n) is 5.48. The molecule has 8 nitrogen and oxygen atoms in total. The Morgan fingerprint density at radius 3 is 2.40 bits per heavy atom. The van der Waals surface area contributed by atoms with E-state index in [4.69, 9.17) is 0 Å². The van der Waals surface area contributed by atoms with Crippen LogP contribution in [-0.4, -0.2) is 51.3 Å². The molecule has 2 atom stereocenters. The number of nitrogens with one attached hydrogen (secondary N) is 1. The van der Waals surface area contributed by atoms with E-state index in [9.17, 15) is 41.4 Å². The fourth-order valence-electron chi connectivity index (χ4n) is 3.66. The van der Waals surface area contributed by atoms with Gasteiger partial charge in [0.05, 0.1) is 24.5 Å². The molecule has 2 amide bonds. The first kappa shape index (κ1) is 24.3. The van der Waals surface area contributed by atoms with Crippen LogP contribution in [-0.2, 0) is 4.79 Å². The predicted molar refractivity (Wildman–Crippen MR) is 113 cm³/mol. The van der Waals surface area contributed by atoms with E-state index in [0.29, 0.717) is 13.1 Å². The number of halogens is 5. The summed E-state index contributed by atoms with van der Waals surface area (Å²) in [7, 11) is 0. The topological polar surface area (TPSA) is 105 Å². The van der Waals surface area contributed by atoms with Crippen molar-refractivity contribution >= 4 is 28.7 Å². The lowest BCUT2D eigenvalue weighted by molar-refractivity contribution is -0.149. The Morgan fingerprint density at radius 1 is 1.17 bits per heavy atom. The van der Waals surface area contributed by atoms with Crippen LogP contribution in [0.5, 0.6) is 0 Å². The molecule has 2 aromatic heterocycles. The van der Waals surface area contributed by atoms with E-state index in [1.807, 2.05) is 0 Å². The molecule has 0 bridgehead atoms. The van der Waals surface area contributed by atoms with Gasteiger partial charge in [-0.15, -0.1) is 0 Å². The Hall–Kier alpha value is -3.87. The highest BCUT2D eigenvalue weighted by Gasteiger charge is 2.38. The van der Waals surface area contributed by atoms with Crippen molar-refractivity contribution in [3.8, 4) is 5.69 Å². The lowest BCUT2D eigenvalue weighted by atomic mass is 10.1. The highest BCUT2D eigenvalue weighted by Crippen LogP contribution is 2.26. The van der Waals surface area contributed by atoms with Gasteiger partial charge in [0.1, 0.15) is 34.7 Å². The molecule has 0 radical (unpaired) electrons. The molecule has 0 unspecified atom stereocenters. The number of alkyl halides is 3. The number of hydrogen-bond acceptors (Lipinski definition) is 5. The summed E-state index contributed by atoms with van der Waals surface area (Å²) in [5.41, 5.74) is -2.94. The van der Waals surface area contributed by atoms with Crippen molar-refractivity contribution in [1.29, 1.82) is 0 Å². The Bertz CT molecular complexity index is 1380. The largest absolute Gasteiger partial charge is 0.408 e. The van der Waals surface area contributed by atoms with E-state index < -0.39 is 58.5 Å². The summed E-state index contributed by atoms with van der Waals surface area (Å²) in [6.07, 6.45) is -5.24. The van der Waals surface area contributed by atoms with Crippen LogP contribution in [0, 0.1) is 11.6 Å². The summed E-state index contributed by atoms with van der Waals surface area (Å²) in [6.45, 7) is 0.564. The first-order chi connectivity index (χ1) is 16.4. The zero-order valence-corrected chi connectivity index (χ0v) is 17.9. The van der Waals surface area contributed by atoms with Crippen LogP contribution in [0.3, 0.4) is 0 Å². The van der Waals surface area contributed by atoms with Crippen molar-refractivity contribution in [2.75, 3.05) is 11.4 Å². The number of pyridine rings is 2. The number of para-hydroxylation sites is 1. The van der Waals surface area contributed by atoms with Gasteiger partial charge in [-0.1, -0.05) is 6.07 Å². The maximum absolute atomic E-state index is 14.7. The maximum atomic E-state index is 14.7. The number of fused-ring (bicyclic) bond motifs is 1. The molecule has 3 aromatic rings. The van der Waals surface area contributed by atoms with Crippen molar-refractivity contribution in [2.45, 2.75) is 31.7 Å². The minimum atomic E-state index is -4.80. The van der Waals surface area contributed by atoms with E-state index in [2.05, 4.69) is 4.98 Å². The lowest BCUT2D eigenvalue weighted by Gasteiger charge is -2.19. The summed E-state index contributed by atoms with van der Waals surface area (Å²) in [4.78, 5) is 43.0. The molecular formula is C22H17F5N4O4. The summed E-state index contributed by atoms with van der Waals surface area (Å²) >= 11 is 0. The number of nitrogens with zero attached hydrogens (tertiary/aromatic N) is 3. The Morgan fingerprint density at radius 2 is 1.83 bits per heavy atom. The zero-order valence-electron chi connectivity index (χ0n) is 17.9. The maximum Gasteiger partial charge on any atom is 0.408 e. The van der Waals surface area contributed by atoms with Crippen LogP contribution in [0.15, 0.2) is 41.3 Å². The number of hydrogen-bond donors (Lipinski definition) is 2. The number of carbonyl (C=O) groups excluding carboxylic acids is 2. The van der Waals surface area contributed by atoms with E-state index in [-0.39, 0.29) is 29.8 Å². The van der Waals surface area contributed by atoms with Crippen molar-refractivity contribution in [2.24, 2.45) is 0 Å². The van der Waals surface area contributed by atoms with Gasteiger partial charge < -0.3 is 10.4 Å². The van der Waals surface area contributed by atoms with Gasteiger partial charge in [-0.2, -0.15) is 13.2 Å². The van der Waals surface area contributed by atoms with Crippen molar-refractivity contribution in [3.05, 3.63) is 63.9 Å². The number of aromatic nitrogens is 2. The van der Waals surface area contributed by atoms with Gasteiger partial charge >= 0.3 is 6.18 Å². The van der Waals surface area contributed by atoms with Crippen molar-refractivity contribution in [1.82, 2.24) is 14.9 Å². The van der Waals surface area contributed by atoms with Crippen LogP contribution in [0.1, 0.15) is 23.7 Å². The fourth-order valence-corrected chi connectivity index (χ4v) is 3.66. The molecular weight excluding hydrogens is 479 g/mol. The smallest absolute Gasteiger partial charge is 0.391 e. The fraction of sp³-hybridized carbons (Fsp3) is 0.273. The van der Waals surface area contributed by atoms with E-state index in [0.717, 1.165) is 33.7 Å².